The van der Waals surface area contributed by atoms with Gasteiger partial charge >= 0.3 is 42.6 Å². The number of aliphatic carboxylic acids is 1. The summed E-state index contributed by atoms with van der Waals surface area (Å²) in [6, 6.07) is 12.5. The highest BCUT2D eigenvalue weighted by molar-refractivity contribution is 6.07. The smallest absolute Gasteiger partial charge is 0.418 e. The summed E-state index contributed by atoms with van der Waals surface area (Å²) in [5.74, 6) is -5.33. The van der Waals surface area contributed by atoms with Gasteiger partial charge in [0.2, 0.25) is 17.1 Å². The molecule has 6 N–H and O–H groups in total. The Balaban J connectivity index is 0.000000218. The number of likely N-dealkylation sites (tertiary alicyclic amines) is 1. The lowest BCUT2D eigenvalue weighted by Crippen LogP contribution is -2.46. The lowest BCUT2D eigenvalue weighted by molar-refractivity contribution is -0.144. The summed E-state index contributed by atoms with van der Waals surface area (Å²) in [6.45, 7) is 2.15. The summed E-state index contributed by atoms with van der Waals surface area (Å²) >= 11 is 0. The Morgan fingerprint density at radius 3 is 1.53 bits per heavy atom. The van der Waals surface area contributed by atoms with E-state index in [1.54, 1.807) is 43.3 Å². The zero-order valence-corrected chi connectivity index (χ0v) is 43.7. The summed E-state index contributed by atoms with van der Waals surface area (Å²) in [7, 11) is 2.95. The van der Waals surface area contributed by atoms with Gasteiger partial charge in [0.1, 0.15) is 24.7 Å². The number of halogens is 8. The highest BCUT2D eigenvalue weighted by Crippen LogP contribution is 2.49. The summed E-state index contributed by atoms with van der Waals surface area (Å²) in [6.07, 6.45) is -8.06. The van der Waals surface area contributed by atoms with Crippen LogP contribution in [0, 0.1) is 11.6 Å². The van der Waals surface area contributed by atoms with Gasteiger partial charge in [0.05, 0.1) is 17.2 Å². The molecule has 4 saturated heterocycles. The SMILES string of the molecule is C.C.CC1CCC(c2ccc(F)cc2C(F)(F)F)N1.CNC(=O)Nc1ccc2c(c1)CC[C@@]21OC(=O)N(CC(=O)N2C(C)CCC2c2ccc(F)cc2C(F)(F)F)C1=O.CNC(=O)Nc1ccc2c(c1)CC[C@@]21OC(=O)N(CC(=O)O)C1=O. The number of alkyl halides is 6. The predicted molar refractivity (Wildman–Crippen MR) is 282 cm³/mol. The van der Waals surface area contributed by atoms with E-state index in [1.807, 2.05) is 6.92 Å². The Kier molecular flexibility index (Phi) is 18.9. The van der Waals surface area contributed by atoms with Gasteiger partial charge in [0.15, 0.2) is 0 Å². The molecule has 6 atom stereocenters. The number of imide groups is 2. The van der Waals surface area contributed by atoms with E-state index in [0.29, 0.717) is 75.7 Å². The maximum absolute atomic E-state index is 13.7. The number of benzene rings is 4. The molecule has 10 rings (SSSR count). The average molecular weight is 1180 g/mol. The first-order chi connectivity index (χ1) is 38.1. The van der Waals surface area contributed by atoms with Crippen molar-refractivity contribution in [1.29, 1.82) is 0 Å². The van der Waals surface area contributed by atoms with Crippen molar-refractivity contribution in [3.63, 3.8) is 0 Å². The van der Waals surface area contributed by atoms with Crippen molar-refractivity contribution in [3.05, 3.63) is 129 Å². The molecule has 2 spiro atoms. The number of anilines is 2. The van der Waals surface area contributed by atoms with Crippen LogP contribution in [0.4, 0.5) is 65.7 Å². The molecule has 9 amide bonds. The molecule has 83 heavy (non-hydrogen) atoms. The van der Waals surface area contributed by atoms with Crippen molar-refractivity contribution in [2.24, 2.45) is 0 Å². The molecule has 4 heterocycles. The van der Waals surface area contributed by atoms with Crippen LogP contribution in [0.2, 0.25) is 0 Å². The first-order valence-corrected chi connectivity index (χ1v) is 25.5. The van der Waals surface area contributed by atoms with E-state index >= 15 is 0 Å². The first kappa shape index (κ1) is 63.8. The van der Waals surface area contributed by atoms with Gasteiger partial charge in [-0.25, -0.2) is 37.8 Å². The molecular formula is C56H62F8N8O11. The number of amides is 9. The van der Waals surface area contributed by atoms with Crippen molar-refractivity contribution in [2.75, 3.05) is 37.8 Å². The third kappa shape index (κ3) is 12.8. The monoisotopic (exact) mass is 1170 g/mol. The number of carbonyl (C=O) groups is 8. The predicted octanol–water partition coefficient (Wildman–Crippen LogP) is 10.0. The largest absolute Gasteiger partial charge is 0.480 e. The third-order valence-electron chi connectivity index (χ3n) is 15.0. The second-order valence-corrected chi connectivity index (χ2v) is 20.1. The van der Waals surface area contributed by atoms with Gasteiger partial charge in [-0.05, 0) is 123 Å². The highest BCUT2D eigenvalue weighted by atomic mass is 19.4. The summed E-state index contributed by atoms with van der Waals surface area (Å²) in [5.41, 5.74) is -1.80. The molecule has 27 heteroatoms. The maximum Gasteiger partial charge on any atom is 0.418 e. The molecule has 19 nitrogen and oxygen atoms in total. The van der Waals surface area contributed by atoms with Gasteiger partial charge in [-0.1, -0.05) is 39.1 Å². The number of fused-ring (bicyclic) bond motifs is 4. The van der Waals surface area contributed by atoms with Crippen molar-refractivity contribution < 1.29 is 88.1 Å². The molecule has 4 aromatic carbocycles. The van der Waals surface area contributed by atoms with Crippen LogP contribution in [0.25, 0.3) is 0 Å². The number of carboxylic acids is 1. The van der Waals surface area contributed by atoms with Crippen LogP contribution in [-0.2, 0) is 65.0 Å². The fraction of sp³-hybridized carbons (Fsp3) is 0.429. The van der Waals surface area contributed by atoms with Gasteiger partial charge in [-0.3, -0.25) is 19.2 Å². The van der Waals surface area contributed by atoms with E-state index in [4.69, 9.17) is 14.6 Å². The van der Waals surface area contributed by atoms with Crippen molar-refractivity contribution >= 4 is 59.3 Å². The molecule has 4 aromatic rings. The van der Waals surface area contributed by atoms with Crippen molar-refractivity contribution in [2.45, 2.75) is 128 Å². The minimum atomic E-state index is -4.84. The number of ether oxygens (including phenoxy) is 2. The Morgan fingerprint density at radius 1 is 0.639 bits per heavy atom. The van der Waals surface area contributed by atoms with E-state index in [1.165, 1.54) is 25.1 Å². The Bertz CT molecular complexity index is 3220. The lowest BCUT2D eigenvalue weighted by atomic mass is 9.94. The molecule has 6 aliphatic rings. The number of hydrogen-bond donors (Lipinski definition) is 6. The van der Waals surface area contributed by atoms with Crippen LogP contribution in [0.15, 0.2) is 72.8 Å². The van der Waals surface area contributed by atoms with E-state index in [0.717, 1.165) is 30.2 Å². The first-order valence-electron chi connectivity index (χ1n) is 25.5. The fourth-order valence-electron chi connectivity index (χ4n) is 11.2. The Labute approximate surface area is 471 Å². The van der Waals surface area contributed by atoms with Crippen LogP contribution in [0.1, 0.15) is 124 Å². The molecule has 2 aliphatic carbocycles. The van der Waals surface area contributed by atoms with E-state index in [2.05, 4.69) is 26.6 Å². The molecule has 0 bridgehead atoms. The molecular weight excluding hydrogens is 1110 g/mol. The number of nitrogens with one attached hydrogen (secondary N) is 5. The molecule has 448 valence electrons. The van der Waals surface area contributed by atoms with Crippen LogP contribution >= 0.6 is 0 Å². The maximum atomic E-state index is 13.7. The van der Waals surface area contributed by atoms with Crippen LogP contribution < -0.4 is 26.6 Å². The fourth-order valence-corrected chi connectivity index (χ4v) is 11.2. The number of carboxylic acid groups (broad SMARTS) is 1. The summed E-state index contributed by atoms with van der Waals surface area (Å²) in [5, 5.41) is 22.0. The molecule has 4 unspecified atom stereocenters. The number of urea groups is 2. The second kappa shape index (κ2) is 24.6. The normalized spacial score (nSPS) is 23.0. The second-order valence-electron chi connectivity index (χ2n) is 20.1. The van der Waals surface area contributed by atoms with Gasteiger partial charge in [-0.2, -0.15) is 26.3 Å². The quantitative estimate of drug-likeness (QED) is 0.0903. The molecule has 0 aromatic heterocycles. The van der Waals surface area contributed by atoms with E-state index in [9.17, 15) is 73.5 Å². The standard InChI is InChI=1S/C27H26F4N4O5.C15H15N3O6.C12H13F4N.2CH4/c1-14-3-8-21(18-6-4-16(28)12-20(18)27(29,30)31)35(14)22(36)13-34-23(37)26(40-25(34)39)10-9-15-11-17(5-7-19(15)26)33-24(38)32-2;1-16-13(22)17-9-2-3-10-8(6-9)4-5-15(10)12(21)18(7-11(19)20)14(23)24-15;1-7-2-5-11(17-7)9-4-3-8(13)6-10(9)12(14,15)16;;/h4-7,11-12,14,21H,3,8-10,13H2,1-2H3,(H2,32,33,38);2-3,6H,4-5,7H2,1H3,(H,19,20)(H2,16,17,22);3-4,6-7,11,17H,2,5H2,1H3;2*1H4/t14?,21?,26-;15-;;;/m11.../s1. The summed E-state index contributed by atoms with van der Waals surface area (Å²) < 4.78 is 117. The minimum Gasteiger partial charge on any atom is -0.480 e. The number of nitrogens with zero attached hydrogens (tertiary/aromatic N) is 3. The number of aryl methyl sites for hydroxylation is 2. The molecule has 0 saturated carbocycles. The zero-order valence-electron chi connectivity index (χ0n) is 43.7. The van der Waals surface area contributed by atoms with Gasteiger partial charge in [-0.15, -0.1) is 0 Å². The van der Waals surface area contributed by atoms with Gasteiger partial charge in [0.25, 0.3) is 11.8 Å². The molecule has 0 radical (unpaired) electrons. The minimum absolute atomic E-state index is 0. The third-order valence-corrected chi connectivity index (χ3v) is 15.0. The molecule has 4 fully saturated rings. The Hall–Kier alpha value is -8.36. The Morgan fingerprint density at radius 2 is 1.10 bits per heavy atom. The van der Waals surface area contributed by atoms with Crippen molar-refractivity contribution in [3.8, 4) is 0 Å². The van der Waals surface area contributed by atoms with Gasteiger partial charge in [0, 0.05) is 67.6 Å². The lowest BCUT2D eigenvalue weighted by Gasteiger charge is -2.31. The van der Waals surface area contributed by atoms with Crippen LogP contribution in [0.3, 0.4) is 0 Å². The highest BCUT2D eigenvalue weighted by Gasteiger charge is 2.60. The topological polar surface area (TPSA) is 245 Å². The molecule has 4 aliphatic heterocycles. The van der Waals surface area contributed by atoms with Crippen molar-refractivity contribution in [1.82, 2.24) is 30.7 Å². The number of rotatable bonds is 8. The number of carbonyl (C=O) groups excluding carboxylic acids is 7. The van der Waals surface area contributed by atoms with Gasteiger partial charge < -0.3 is 46.1 Å². The summed E-state index contributed by atoms with van der Waals surface area (Å²) in [4.78, 5) is 101. The van der Waals surface area contributed by atoms with Crippen LogP contribution in [-0.4, -0.2) is 107 Å². The van der Waals surface area contributed by atoms with Crippen LogP contribution in [0.5, 0.6) is 0 Å². The average Bonchev–Trinajstić information content (AvgIpc) is 2.12. The number of hydrogen-bond acceptors (Lipinski definition) is 11. The van der Waals surface area contributed by atoms with E-state index < -0.39 is 113 Å². The van der Waals surface area contributed by atoms with E-state index in [-0.39, 0.29) is 63.4 Å². The zero-order chi connectivity index (χ0) is 59.1.